The quantitative estimate of drug-likeness (QED) is 0.321. The van der Waals surface area contributed by atoms with E-state index in [1.165, 1.54) is 27.4 Å². The first-order valence-electron chi connectivity index (χ1n) is 2.93. The Balaban J connectivity index is 4.31. The van der Waals surface area contributed by atoms with E-state index in [0.717, 1.165) is 0 Å². The molecule has 0 aliphatic rings. The summed E-state index contributed by atoms with van der Waals surface area (Å²) in [6.45, 7) is 0.0508. The molecule has 11 heavy (non-hydrogen) atoms. The van der Waals surface area contributed by atoms with Crippen molar-refractivity contribution < 1.29 is 19.0 Å². The van der Waals surface area contributed by atoms with Crippen LogP contribution in [0.3, 0.4) is 0 Å². The van der Waals surface area contributed by atoms with E-state index < -0.39 is 5.91 Å². The van der Waals surface area contributed by atoms with Crippen molar-refractivity contribution in [3.05, 3.63) is 0 Å². The Hall–Kier alpha value is -0.740. The number of isocyanates is 1. The second-order valence-corrected chi connectivity index (χ2v) is 1.76. The summed E-state index contributed by atoms with van der Waals surface area (Å²) >= 11 is 0. The topological polar surface area (TPSA) is 57.1 Å². The molecule has 0 heterocycles. The first kappa shape index (κ1) is 10.3. The first-order valence-corrected chi connectivity index (χ1v) is 2.93. The predicted octanol–water partition coefficient (Wildman–Crippen LogP) is -0.0848. The molecule has 0 spiro atoms. The van der Waals surface area contributed by atoms with Gasteiger partial charge in [-0.05, 0) is 0 Å². The summed E-state index contributed by atoms with van der Waals surface area (Å²) in [7, 11) is 4.18. The van der Waals surface area contributed by atoms with Crippen LogP contribution in [0.25, 0.3) is 0 Å². The lowest BCUT2D eigenvalue weighted by Gasteiger charge is -2.22. The number of hydrogen-bond acceptors (Lipinski definition) is 5. The molecule has 0 aliphatic carbocycles. The molecule has 5 nitrogen and oxygen atoms in total. The van der Waals surface area contributed by atoms with Gasteiger partial charge in [-0.3, -0.25) is 0 Å². The first-order chi connectivity index (χ1) is 5.24. The predicted molar refractivity (Wildman–Crippen MR) is 36.7 cm³/mol. The molecule has 0 bridgehead atoms. The van der Waals surface area contributed by atoms with Gasteiger partial charge in [-0.25, -0.2) is 4.79 Å². The summed E-state index contributed by atoms with van der Waals surface area (Å²) < 4.78 is 14.3. The molecule has 0 N–H and O–H groups in total. The van der Waals surface area contributed by atoms with Gasteiger partial charge in [-0.1, -0.05) is 0 Å². The third-order valence-electron chi connectivity index (χ3n) is 1.18. The molecule has 0 aromatic rings. The fourth-order valence-electron chi connectivity index (χ4n) is 0.577. The van der Waals surface area contributed by atoms with Crippen molar-refractivity contribution in [2.24, 2.45) is 4.99 Å². The minimum absolute atomic E-state index is 0.0508. The zero-order valence-electron chi connectivity index (χ0n) is 6.79. The summed E-state index contributed by atoms with van der Waals surface area (Å²) in [6.07, 6.45) is 1.34. The van der Waals surface area contributed by atoms with Crippen LogP contribution in [0, 0.1) is 0 Å². The molecular weight excluding hydrogens is 150 g/mol. The van der Waals surface area contributed by atoms with Gasteiger partial charge in [0.15, 0.2) is 0 Å². The van der Waals surface area contributed by atoms with Gasteiger partial charge in [-0.15, -0.1) is 4.99 Å². The van der Waals surface area contributed by atoms with Crippen molar-refractivity contribution in [3.63, 3.8) is 0 Å². The van der Waals surface area contributed by atoms with Gasteiger partial charge in [-0.2, -0.15) is 0 Å². The normalized spacial score (nSPS) is 10.8. The highest BCUT2D eigenvalue weighted by Crippen LogP contribution is 2.11. The number of rotatable bonds is 5. The van der Waals surface area contributed by atoms with Crippen LogP contribution in [-0.4, -0.2) is 39.9 Å². The molecule has 0 unspecified atom stereocenters. The summed E-state index contributed by atoms with van der Waals surface area (Å²) in [5.41, 5.74) is 0. The lowest BCUT2D eigenvalue weighted by Crippen LogP contribution is -2.36. The maximum Gasteiger partial charge on any atom is 0.304 e. The van der Waals surface area contributed by atoms with Crippen LogP contribution in [0.1, 0.15) is 0 Å². The van der Waals surface area contributed by atoms with Crippen molar-refractivity contribution in [2.45, 2.75) is 5.91 Å². The Morgan fingerprint density at radius 3 is 2.18 bits per heavy atom. The summed E-state index contributed by atoms with van der Waals surface area (Å²) in [5, 5.41) is 0. The van der Waals surface area contributed by atoms with Gasteiger partial charge in [0.05, 0.1) is 0 Å². The molecule has 64 valence electrons. The molecule has 0 amide bonds. The molecule has 0 atom stereocenters. The average molecular weight is 161 g/mol. The van der Waals surface area contributed by atoms with Crippen molar-refractivity contribution in [3.8, 4) is 0 Å². The lowest BCUT2D eigenvalue weighted by atomic mass is 10.5. The maximum absolute atomic E-state index is 9.91. The average Bonchev–Trinajstić information content (AvgIpc) is 2.04. The van der Waals surface area contributed by atoms with E-state index in [4.69, 9.17) is 14.2 Å². The minimum atomic E-state index is -1.34. The third-order valence-corrected chi connectivity index (χ3v) is 1.18. The van der Waals surface area contributed by atoms with E-state index in [1.54, 1.807) is 0 Å². The van der Waals surface area contributed by atoms with Crippen LogP contribution in [0.4, 0.5) is 0 Å². The van der Waals surface area contributed by atoms with E-state index in [9.17, 15) is 4.79 Å². The Kier molecular flexibility index (Phi) is 4.65. The van der Waals surface area contributed by atoms with Crippen molar-refractivity contribution in [1.29, 1.82) is 0 Å². The number of methoxy groups -OCH3 is 3. The highest BCUT2D eigenvalue weighted by atomic mass is 16.7. The fourth-order valence-corrected chi connectivity index (χ4v) is 0.577. The van der Waals surface area contributed by atoms with Crippen molar-refractivity contribution >= 4 is 6.08 Å². The van der Waals surface area contributed by atoms with Gasteiger partial charge in [0, 0.05) is 21.3 Å². The second-order valence-electron chi connectivity index (χ2n) is 1.76. The molecular formula is C6H11NO4. The molecule has 0 fully saturated rings. The molecule has 5 heteroatoms. The number of nitrogens with zero attached hydrogens (tertiary/aromatic N) is 1. The number of aliphatic imine (C=N–C) groups is 1. The Bertz CT molecular complexity index is 149. The van der Waals surface area contributed by atoms with Crippen molar-refractivity contribution in [1.82, 2.24) is 0 Å². The molecule has 0 rings (SSSR count). The number of ether oxygens (including phenoxy) is 3. The van der Waals surface area contributed by atoms with E-state index >= 15 is 0 Å². The highest BCUT2D eigenvalue weighted by molar-refractivity contribution is 5.33. The summed E-state index contributed by atoms with van der Waals surface area (Å²) in [5.74, 6) is -1.34. The molecule has 0 radical (unpaired) electrons. The standard InChI is InChI=1S/C6H11NO4/c1-9-4-6(10-2,11-3)7-5-8/h4H2,1-3H3. The van der Waals surface area contributed by atoms with Crippen LogP contribution in [0.15, 0.2) is 4.99 Å². The lowest BCUT2D eigenvalue weighted by molar-refractivity contribution is -0.224. The van der Waals surface area contributed by atoms with Crippen molar-refractivity contribution in [2.75, 3.05) is 27.9 Å². The van der Waals surface area contributed by atoms with E-state index in [2.05, 4.69) is 4.99 Å². The molecule has 0 aromatic heterocycles. The Morgan fingerprint density at radius 2 is 1.91 bits per heavy atom. The van der Waals surface area contributed by atoms with E-state index in [-0.39, 0.29) is 6.61 Å². The van der Waals surface area contributed by atoms with Crippen LogP contribution >= 0.6 is 0 Å². The largest absolute Gasteiger partial charge is 0.377 e. The third kappa shape index (κ3) is 2.78. The van der Waals surface area contributed by atoms with Crippen LogP contribution in [-0.2, 0) is 19.0 Å². The molecule has 0 saturated heterocycles. The monoisotopic (exact) mass is 161 g/mol. The van der Waals surface area contributed by atoms with Gasteiger partial charge in [0.1, 0.15) is 6.61 Å². The highest BCUT2D eigenvalue weighted by Gasteiger charge is 2.28. The summed E-state index contributed by atoms with van der Waals surface area (Å²) in [4.78, 5) is 13.2. The van der Waals surface area contributed by atoms with Crippen LogP contribution in [0.5, 0.6) is 0 Å². The number of carbonyl (C=O) groups excluding carboxylic acids is 1. The smallest absolute Gasteiger partial charge is 0.304 e. The summed E-state index contributed by atoms with van der Waals surface area (Å²) in [6, 6.07) is 0. The minimum Gasteiger partial charge on any atom is -0.377 e. The van der Waals surface area contributed by atoms with Gasteiger partial charge in [0.25, 0.3) is 0 Å². The van der Waals surface area contributed by atoms with Crippen LogP contribution in [0.2, 0.25) is 0 Å². The van der Waals surface area contributed by atoms with E-state index in [1.807, 2.05) is 0 Å². The fraction of sp³-hybridized carbons (Fsp3) is 0.833. The second kappa shape index (κ2) is 4.98. The van der Waals surface area contributed by atoms with Crippen LogP contribution < -0.4 is 0 Å². The van der Waals surface area contributed by atoms with E-state index in [0.29, 0.717) is 0 Å². The Labute approximate surface area is 65.0 Å². The molecule has 0 aromatic carbocycles. The Morgan fingerprint density at radius 1 is 1.36 bits per heavy atom. The van der Waals surface area contributed by atoms with Gasteiger partial charge >= 0.3 is 5.91 Å². The molecule has 0 aliphatic heterocycles. The SMILES string of the molecule is COCC(N=C=O)(OC)OC. The zero-order chi connectivity index (χ0) is 8.74. The number of hydrogen-bond donors (Lipinski definition) is 0. The van der Waals surface area contributed by atoms with Gasteiger partial charge in [0.2, 0.25) is 6.08 Å². The van der Waals surface area contributed by atoms with Gasteiger partial charge < -0.3 is 14.2 Å². The molecule has 0 saturated carbocycles. The maximum atomic E-state index is 9.91. The zero-order valence-corrected chi connectivity index (χ0v) is 6.79.